The Hall–Kier alpha value is -3.18. The van der Waals surface area contributed by atoms with Gasteiger partial charge in [-0.2, -0.15) is 0 Å². The van der Waals surface area contributed by atoms with E-state index in [1.165, 1.54) is 22.4 Å². The van der Waals surface area contributed by atoms with Crippen LogP contribution in [0.3, 0.4) is 0 Å². The summed E-state index contributed by atoms with van der Waals surface area (Å²) in [4.78, 5) is 2.41. The monoisotopic (exact) mass is 353 g/mol. The molecule has 2 nitrogen and oxygen atoms in total. The van der Waals surface area contributed by atoms with Crippen molar-refractivity contribution in [1.82, 2.24) is 0 Å². The maximum Gasteiger partial charge on any atom is 0.118 e. The first-order valence-corrected chi connectivity index (χ1v) is 9.31. The van der Waals surface area contributed by atoms with Gasteiger partial charge in [0.05, 0.1) is 7.11 Å². The van der Waals surface area contributed by atoms with Gasteiger partial charge in [-0.3, -0.25) is 0 Å². The van der Waals surface area contributed by atoms with Gasteiger partial charge in [0.1, 0.15) is 11.8 Å². The molecule has 1 heterocycles. The summed E-state index contributed by atoms with van der Waals surface area (Å²) >= 11 is 0. The van der Waals surface area contributed by atoms with Crippen LogP contribution in [-0.4, -0.2) is 13.7 Å². The zero-order valence-corrected chi connectivity index (χ0v) is 15.8. The molecule has 0 bridgehead atoms. The molecule has 1 atom stereocenters. The lowest BCUT2D eigenvalue weighted by Gasteiger charge is -2.36. The van der Waals surface area contributed by atoms with Crippen molar-refractivity contribution in [3.8, 4) is 17.6 Å². The van der Waals surface area contributed by atoms with Crippen LogP contribution in [0.15, 0.2) is 72.8 Å². The number of rotatable bonds is 2. The van der Waals surface area contributed by atoms with Crippen LogP contribution in [0.5, 0.6) is 5.75 Å². The fraction of sp³-hybridized carbons (Fsp3) is 0.200. The molecule has 0 fully saturated rings. The smallest absolute Gasteiger partial charge is 0.118 e. The van der Waals surface area contributed by atoms with Gasteiger partial charge in [0.25, 0.3) is 0 Å². The third kappa shape index (κ3) is 3.68. The number of methoxy groups -OCH3 is 1. The van der Waals surface area contributed by atoms with Crippen LogP contribution in [0.25, 0.3) is 0 Å². The van der Waals surface area contributed by atoms with Gasteiger partial charge in [0.2, 0.25) is 0 Å². The predicted molar refractivity (Wildman–Crippen MR) is 111 cm³/mol. The Bertz CT molecular complexity index is 977. The van der Waals surface area contributed by atoms with E-state index in [1.807, 2.05) is 24.3 Å². The van der Waals surface area contributed by atoms with Gasteiger partial charge < -0.3 is 9.64 Å². The van der Waals surface area contributed by atoms with Crippen LogP contribution >= 0.6 is 0 Å². The summed E-state index contributed by atoms with van der Waals surface area (Å²) in [6.45, 7) is 3.10. The fourth-order valence-corrected chi connectivity index (χ4v) is 3.56. The summed E-state index contributed by atoms with van der Waals surface area (Å²) < 4.78 is 5.24. The summed E-state index contributed by atoms with van der Waals surface area (Å²) in [6.07, 6.45) is 1.05. The number of hydrogen-bond donors (Lipinski definition) is 0. The normalized spacial score (nSPS) is 15.5. The molecule has 134 valence electrons. The van der Waals surface area contributed by atoms with Gasteiger partial charge in [0.15, 0.2) is 0 Å². The third-order valence-corrected chi connectivity index (χ3v) is 5.09. The number of nitrogens with zero attached hydrogens (tertiary/aromatic N) is 1. The first kappa shape index (κ1) is 17.2. The Labute approximate surface area is 161 Å². The summed E-state index contributed by atoms with van der Waals surface area (Å²) in [7, 11) is 1.68. The number of fused-ring (bicyclic) bond motifs is 1. The SMILES string of the molecule is COc1ccc(C#CC2c3ccccc3CCN2c2ccc(C)cc2)cc1. The molecule has 0 amide bonds. The Balaban J connectivity index is 1.72. The van der Waals surface area contributed by atoms with Crippen LogP contribution in [-0.2, 0) is 6.42 Å². The van der Waals surface area contributed by atoms with Crippen molar-refractivity contribution >= 4 is 5.69 Å². The topological polar surface area (TPSA) is 12.5 Å². The van der Waals surface area contributed by atoms with Crippen molar-refractivity contribution in [1.29, 1.82) is 0 Å². The largest absolute Gasteiger partial charge is 0.497 e. The van der Waals surface area contributed by atoms with Crippen LogP contribution in [0.1, 0.15) is 28.3 Å². The van der Waals surface area contributed by atoms with E-state index in [1.54, 1.807) is 7.11 Å². The molecular formula is C25H23NO. The van der Waals surface area contributed by atoms with Gasteiger partial charge in [-0.05, 0) is 60.9 Å². The molecule has 3 aromatic rings. The second-order valence-corrected chi connectivity index (χ2v) is 6.88. The van der Waals surface area contributed by atoms with E-state index in [9.17, 15) is 0 Å². The van der Waals surface area contributed by atoms with Crippen molar-refractivity contribution < 1.29 is 4.74 Å². The molecule has 0 radical (unpaired) electrons. The van der Waals surface area contributed by atoms with Crippen molar-refractivity contribution in [2.75, 3.05) is 18.6 Å². The van der Waals surface area contributed by atoms with Crippen LogP contribution in [0, 0.1) is 18.8 Å². The highest BCUT2D eigenvalue weighted by Crippen LogP contribution is 2.33. The molecule has 4 rings (SSSR count). The standard InChI is InChI=1S/C25H23NO/c1-19-7-12-22(13-8-19)26-18-17-21-5-3-4-6-24(21)25(26)16-11-20-9-14-23(27-2)15-10-20/h3-10,12-15,25H,17-18H2,1-2H3. The van der Waals surface area contributed by atoms with E-state index in [2.05, 4.69) is 72.2 Å². The number of hydrogen-bond acceptors (Lipinski definition) is 2. The Morgan fingerprint density at radius 2 is 1.67 bits per heavy atom. The number of anilines is 1. The second-order valence-electron chi connectivity index (χ2n) is 6.88. The molecule has 2 heteroatoms. The van der Waals surface area contributed by atoms with Crippen molar-refractivity contribution in [3.63, 3.8) is 0 Å². The zero-order valence-electron chi connectivity index (χ0n) is 15.8. The third-order valence-electron chi connectivity index (χ3n) is 5.09. The summed E-state index contributed by atoms with van der Waals surface area (Å²) in [5, 5.41) is 0. The molecule has 1 unspecified atom stereocenters. The molecule has 1 aliphatic rings. The molecule has 3 aromatic carbocycles. The van der Waals surface area contributed by atoms with Gasteiger partial charge in [0, 0.05) is 17.8 Å². The van der Waals surface area contributed by atoms with Crippen LogP contribution in [0.2, 0.25) is 0 Å². The molecule has 1 aliphatic heterocycles. The molecule has 0 aromatic heterocycles. The second kappa shape index (κ2) is 7.60. The summed E-state index contributed by atoms with van der Waals surface area (Å²) in [5.41, 5.74) is 6.21. The van der Waals surface area contributed by atoms with Crippen LogP contribution in [0.4, 0.5) is 5.69 Å². The quantitative estimate of drug-likeness (QED) is 0.590. The number of ether oxygens (including phenoxy) is 1. The predicted octanol–water partition coefficient (Wildman–Crippen LogP) is 5.16. The highest BCUT2D eigenvalue weighted by atomic mass is 16.5. The zero-order chi connectivity index (χ0) is 18.6. The average molecular weight is 353 g/mol. The molecule has 0 aliphatic carbocycles. The van der Waals surface area contributed by atoms with Crippen molar-refractivity contribution in [3.05, 3.63) is 95.1 Å². The van der Waals surface area contributed by atoms with E-state index in [0.717, 1.165) is 24.3 Å². The van der Waals surface area contributed by atoms with Crippen molar-refractivity contribution in [2.24, 2.45) is 0 Å². The first-order chi connectivity index (χ1) is 13.2. The minimum Gasteiger partial charge on any atom is -0.497 e. The fourth-order valence-electron chi connectivity index (χ4n) is 3.56. The van der Waals surface area contributed by atoms with E-state index < -0.39 is 0 Å². The molecule has 0 saturated heterocycles. The van der Waals surface area contributed by atoms with Gasteiger partial charge in [-0.25, -0.2) is 0 Å². The summed E-state index contributed by atoms with van der Waals surface area (Å²) in [5.74, 6) is 7.75. The van der Waals surface area contributed by atoms with E-state index in [-0.39, 0.29) is 6.04 Å². The first-order valence-electron chi connectivity index (χ1n) is 9.31. The average Bonchev–Trinajstić information content (AvgIpc) is 2.73. The lowest BCUT2D eigenvalue weighted by atomic mass is 9.92. The van der Waals surface area contributed by atoms with Gasteiger partial charge >= 0.3 is 0 Å². The number of benzene rings is 3. The maximum atomic E-state index is 5.24. The van der Waals surface area contributed by atoms with E-state index >= 15 is 0 Å². The lowest BCUT2D eigenvalue weighted by Crippen LogP contribution is -2.34. The minimum absolute atomic E-state index is 0.0553. The summed E-state index contributed by atoms with van der Waals surface area (Å²) in [6, 6.07) is 25.4. The van der Waals surface area contributed by atoms with Gasteiger partial charge in [-0.15, -0.1) is 0 Å². The Morgan fingerprint density at radius 1 is 0.926 bits per heavy atom. The molecular weight excluding hydrogens is 330 g/mol. The van der Waals surface area contributed by atoms with Crippen LogP contribution < -0.4 is 9.64 Å². The highest BCUT2D eigenvalue weighted by Gasteiger charge is 2.25. The van der Waals surface area contributed by atoms with E-state index in [0.29, 0.717) is 0 Å². The minimum atomic E-state index is 0.0553. The Kier molecular flexibility index (Phi) is 4.85. The van der Waals surface area contributed by atoms with E-state index in [4.69, 9.17) is 4.74 Å². The molecule has 27 heavy (non-hydrogen) atoms. The molecule has 0 N–H and O–H groups in total. The lowest BCUT2D eigenvalue weighted by molar-refractivity contribution is 0.415. The van der Waals surface area contributed by atoms with Gasteiger partial charge in [-0.1, -0.05) is 53.8 Å². The maximum absolute atomic E-state index is 5.24. The Morgan fingerprint density at radius 3 is 2.41 bits per heavy atom. The number of aryl methyl sites for hydroxylation is 1. The molecule has 0 saturated carbocycles. The molecule has 0 spiro atoms. The highest BCUT2D eigenvalue weighted by molar-refractivity contribution is 5.56. The van der Waals surface area contributed by atoms with Crippen molar-refractivity contribution in [2.45, 2.75) is 19.4 Å².